The Kier molecular flexibility index (Phi) is 3.15. The molecule has 0 aromatic heterocycles. The highest BCUT2D eigenvalue weighted by molar-refractivity contribution is 4.85. The van der Waals surface area contributed by atoms with Gasteiger partial charge in [0.1, 0.15) is 0 Å². The minimum Gasteiger partial charge on any atom is -0.405 e. The van der Waals surface area contributed by atoms with Gasteiger partial charge in [-0.2, -0.15) is 0 Å². The normalized spacial score (nSPS) is 9.80. The van der Waals surface area contributed by atoms with E-state index in [4.69, 9.17) is 11.5 Å². The van der Waals surface area contributed by atoms with Gasteiger partial charge in [0.2, 0.25) is 0 Å². The van der Waals surface area contributed by atoms with Crippen LogP contribution in [-0.2, 0) is 0 Å². The molecule has 0 bridgehead atoms. The fourth-order valence-electron chi connectivity index (χ4n) is 0.0642. The van der Waals surface area contributed by atoms with E-state index >= 15 is 0 Å². The van der Waals surface area contributed by atoms with E-state index in [1.54, 1.807) is 6.08 Å². The first kappa shape index (κ1) is 4.50. The van der Waals surface area contributed by atoms with Gasteiger partial charge in [0.15, 0.2) is 0 Å². The first-order valence-electron chi connectivity index (χ1n) is 1.33. The first-order valence-corrected chi connectivity index (χ1v) is 1.33. The topological polar surface area (TPSA) is 52.0 Å². The van der Waals surface area contributed by atoms with E-state index in [-0.39, 0.29) is 0 Å². The Labute approximate surface area is 31.5 Å². The quantitative estimate of drug-likeness (QED) is 0.441. The molecule has 0 fully saturated rings. The lowest BCUT2D eigenvalue weighted by Gasteiger charge is -1.67. The van der Waals surface area contributed by atoms with Crippen molar-refractivity contribution in [2.45, 2.75) is 0 Å². The lowest BCUT2D eigenvalue weighted by molar-refractivity contribution is 1.42. The molecular formula is C3H7N2. The van der Waals surface area contributed by atoms with E-state index in [9.17, 15) is 0 Å². The fraction of sp³-hybridized carbons (Fsp3) is 0. The summed E-state index contributed by atoms with van der Waals surface area (Å²) in [5.74, 6) is 0. The van der Waals surface area contributed by atoms with E-state index in [1.165, 1.54) is 12.7 Å². The van der Waals surface area contributed by atoms with Crippen LogP contribution >= 0.6 is 0 Å². The highest BCUT2D eigenvalue weighted by Gasteiger charge is 1.52. The minimum atomic E-state index is 1.38. The first-order chi connectivity index (χ1) is 2.41. The molecule has 2 nitrogen and oxygen atoms in total. The van der Waals surface area contributed by atoms with E-state index in [0.29, 0.717) is 0 Å². The SMILES string of the molecule is N[CH]/C=C/N. The molecule has 1 radical (unpaired) electrons. The molecule has 0 aromatic carbocycles. The summed E-state index contributed by atoms with van der Waals surface area (Å²) in [5, 5.41) is 0. The smallest absolute Gasteiger partial charge is 0.0432 e. The molecule has 0 saturated carbocycles. The van der Waals surface area contributed by atoms with Gasteiger partial charge in [-0.15, -0.1) is 0 Å². The van der Waals surface area contributed by atoms with Gasteiger partial charge >= 0.3 is 0 Å². The molecule has 0 aromatic rings. The maximum Gasteiger partial charge on any atom is 0.0432 e. The second-order valence-corrected chi connectivity index (χ2v) is 0.577. The van der Waals surface area contributed by atoms with Crippen molar-refractivity contribution in [3.8, 4) is 0 Å². The lowest BCUT2D eigenvalue weighted by atomic mass is 10.6. The zero-order valence-corrected chi connectivity index (χ0v) is 2.89. The van der Waals surface area contributed by atoms with Crippen LogP contribution in [0.5, 0.6) is 0 Å². The van der Waals surface area contributed by atoms with E-state index < -0.39 is 0 Å². The van der Waals surface area contributed by atoms with Gasteiger partial charge in [-0.25, -0.2) is 0 Å². The molecule has 0 saturated heterocycles. The fourth-order valence-corrected chi connectivity index (χ4v) is 0.0642. The number of rotatable bonds is 1. The summed E-state index contributed by atoms with van der Waals surface area (Å²) in [7, 11) is 0. The second-order valence-electron chi connectivity index (χ2n) is 0.577. The minimum absolute atomic E-state index is 1.38. The number of nitrogens with two attached hydrogens (primary N) is 2. The van der Waals surface area contributed by atoms with Crippen LogP contribution in [0.4, 0.5) is 0 Å². The molecule has 5 heavy (non-hydrogen) atoms. The molecule has 0 aliphatic rings. The van der Waals surface area contributed by atoms with Crippen LogP contribution in [0.15, 0.2) is 12.3 Å². The van der Waals surface area contributed by atoms with Crippen LogP contribution in [0.1, 0.15) is 0 Å². The van der Waals surface area contributed by atoms with Crippen molar-refractivity contribution in [3.05, 3.63) is 18.8 Å². The molecular weight excluding hydrogens is 64.0 g/mol. The Morgan fingerprint density at radius 3 is 1.80 bits per heavy atom. The number of hydrogen-bond donors (Lipinski definition) is 2. The third kappa shape index (κ3) is 3.50. The molecule has 0 heterocycles. The maximum absolute atomic E-state index is 4.85. The molecule has 2 heteroatoms. The summed E-state index contributed by atoms with van der Waals surface area (Å²) < 4.78 is 0. The second kappa shape index (κ2) is 3.50. The van der Waals surface area contributed by atoms with Crippen molar-refractivity contribution < 1.29 is 0 Å². The van der Waals surface area contributed by atoms with E-state index in [1.807, 2.05) is 0 Å². The maximum atomic E-state index is 4.85. The predicted octanol–water partition coefficient (Wildman–Crippen LogP) is -0.421. The van der Waals surface area contributed by atoms with Crippen LogP contribution < -0.4 is 11.5 Å². The molecule has 0 aliphatic heterocycles. The molecule has 0 spiro atoms. The Hall–Kier alpha value is -0.500. The molecule has 0 unspecified atom stereocenters. The molecule has 4 N–H and O–H groups in total. The number of hydrogen-bond acceptors (Lipinski definition) is 2. The summed E-state index contributed by atoms with van der Waals surface area (Å²) in [6.07, 6.45) is 2.93. The summed E-state index contributed by atoms with van der Waals surface area (Å²) in [6.45, 7) is 1.38. The lowest BCUT2D eigenvalue weighted by Crippen LogP contribution is -1.85. The van der Waals surface area contributed by atoms with Crippen LogP contribution in [0, 0.1) is 6.54 Å². The Bertz CT molecular complexity index is 31.9. The standard InChI is InChI=1S/C3H7N2/c4-2-1-3-5/h1-3H,4-5H2/b2-1+. The molecule has 0 amide bonds. The van der Waals surface area contributed by atoms with Gasteiger partial charge in [-0.05, 0) is 6.20 Å². The van der Waals surface area contributed by atoms with Crippen LogP contribution in [0.2, 0.25) is 0 Å². The summed E-state index contributed by atoms with van der Waals surface area (Å²) in [4.78, 5) is 0. The monoisotopic (exact) mass is 71.1 g/mol. The average molecular weight is 71.1 g/mol. The average Bonchev–Trinajstić information content (AvgIpc) is 1.41. The highest BCUT2D eigenvalue weighted by atomic mass is 14.5. The van der Waals surface area contributed by atoms with Crippen LogP contribution in [-0.4, -0.2) is 0 Å². The van der Waals surface area contributed by atoms with Crippen molar-refractivity contribution >= 4 is 0 Å². The largest absolute Gasteiger partial charge is 0.405 e. The van der Waals surface area contributed by atoms with Gasteiger partial charge in [-0.3, -0.25) is 0 Å². The van der Waals surface area contributed by atoms with Gasteiger partial charge in [0.25, 0.3) is 0 Å². The Morgan fingerprint density at radius 2 is 1.80 bits per heavy atom. The van der Waals surface area contributed by atoms with Crippen molar-refractivity contribution in [2.24, 2.45) is 11.5 Å². The molecule has 0 rings (SSSR count). The van der Waals surface area contributed by atoms with Crippen molar-refractivity contribution in [1.29, 1.82) is 0 Å². The Morgan fingerprint density at radius 1 is 1.20 bits per heavy atom. The zero-order chi connectivity index (χ0) is 4.12. The van der Waals surface area contributed by atoms with Crippen molar-refractivity contribution in [2.75, 3.05) is 0 Å². The summed E-state index contributed by atoms with van der Waals surface area (Å²) >= 11 is 0. The van der Waals surface area contributed by atoms with Gasteiger partial charge < -0.3 is 11.5 Å². The molecule has 0 atom stereocenters. The third-order valence-electron chi connectivity index (χ3n) is 0.222. The van der Waals surface area contributed by atoms with E-state index in [2.05, 4.69) is 0 Å². The van der Waals surface area contributed by atoms with Crippen molar-refractivity contribution in [3.63, 3.8) is 0 Å². The highest BCUT2D eigenvalue weighted by Crippen LogP contribution is 1.56. The van der Waals surface area contributed by atoms with Gasteiger partial charge in [0, 0.05) is 6.54 Å². The summed E-state index contributed by atoms with van der Waals surface area (Å²) in [5.41, 5.74) is 9.69. The molecule has 0 aliphatic carbocycles. The Balaban J connectivity index is 2.62. The zero-order valence-electron chi connectivity index (χ0n) is 2.89. The van der Waals surface area contributed by atoms with Crippen LogP contribution in [0.3, 0.4) is 0 Å². The van der Waals surface area contributed by atoms with Crippen LogP contribution in [0.25, 0.3) is 0 Å². The van der Waals surface area contributed by atoms with Crippen molar-refractivity contribution in [1.82, 2.24) is 0 Å². The van der Waals surface area contributed by atoms with Gasteiger partial charge in [0.05, 0.1) is 0 Å². The van der Waals surface area contributed by atoms with E-state index in [0.717, 1.165) is 0 Å². The van der Waals surface area contributed by atoms with Gasteiger partial charge in [-0.1, -0.05) is 6.08 Å². The molecule has 29 valence electrons. The third-order valence-corrected chi connectivity index (χ3v) is 0.222. The summed E-state index contributed by atoms with van der Waals surface area (Å²) in [6, 6.07) is 0. The predicted molar refractivity (Wildman–Crippen MR) is 21.8 cm³/mol.